The molecule has 3 rings (SSSR count). The highest BCUT2D eigenvalue weighted by Crippen LogP contribution is 2.21. The Labute approximate surface area is 142 Å². The summed E-state index contributed by atoms with van der Waals surface area (Å²) < 4.78 is 10.5. The van der Waals surface area contributed by atoms with Crippen LogP contribution in [0.1, 0.15) is 16.8 Å². The molecular formula is C19H22N2O3. The van der Waals surface area contributed by atoms with E-state index in [4.69, 9.17) is 9.47 Å². The zero-order chi connectivity index (χ0) is 16.8. The van der Waals surface area contributed by atoms with Gasteiger partial charge in [0.05, 0.1) is 18.7 Å². The third-order valence-corrected chi connectivity index (χ3v) is 4.11. The number of methoxy groups -OCH3 is 1. The molecule has 1 amide bonds. The lowest BCUT2D eigenvalue weighted by Gasteiger charge is -2.28. The number of carbonyl (C=O) groups is 1. The van der Waals surface area contributed by atoms with Crippen LogP contribution >= 0.6 is 0 Å². The first-order valence-electron chi connectivity index (χ1n) is 8.18. The van der Waals surface area contributed by atoms with E-state index in [1.54, 1.807) is 7.11 Å². The molecule has 0 spiro atoms. The molecule has 1 aliphatic rings. The lowest BCUT2D eigenvalue weighted by molar-refractivity contribution is -0.131. The number of pyridine rings is 1. The maximum Gasteiger partial charge on any atom is 0.227 e. The number of carbonyl (C=O) groups excluding carboxylic acids is 1. The van der Waals surface area contributed by atoms with E-state index in [0.29, 0.717) is 38.6 Å². The van der Waals surface area contributed by atoms with Crippen LogP contribution in [0.3, 0.4) is 0 Å². The fraction of sp³-hybridized carbons (Fsp3) is 0.368. The number of hydrogen-bond acceptors (Lipinski definition) is 4. The number of benzene rings is 1. The van der Waals surface area contributed by atoms with E-state index in [2.05, 4.69) is 4.98 Å². The second kappa shape index (κ2) is 7.93. The van der Waals surface area contributed by atoms with E-state index in [0.717, 1.165) is 23.2 Å². The highest BCUT2D eigenvalue weighted by Gasteiger charge is 2.22. The molecule has 0 atom stereocenters. The van der Waals surface area contributed by atoms with Crippen LogP contribution in [0.15, 0.2) is 42.5 Å². The summed E-state index contributed by atoms with van der Waals surface area (Å²) in [5.41, 5.74) is 3.17. The second-order valence-electron chi connectivity index (χ2n) is 5.82. The van der Waals surface area contributed by atoms with Gasteiger partial charge in [-0.2, -0.15) is 0 Å². The molecule has 2 aromatic rings. The van der Waals surface area contributed by atoms with Gasteiger partial charge in [0.15, 0.2) is 0 Å². The molecule has 24 heavy (non-hydrogen) atoms. The van der Waals surface area contributed by atoms with Crippen molar-refractivity contribution >= 4 is 5.91 Å². The second-order valence-corrected chi connectivity index (χ2v) is 5.82. The summed E-state index contributed by atoms with van der Waals surface area (Å²) in [5, 5.41) is 0. The number of rotatable bonds is 6. The molecule has 0 N–H and O–H groups in total. The fourth-order valence-corrected chi connectivity index (χ4v) is 2.80. The smallest absolute Gasteiger partial charge is 0.227 e. The van der Waals surface area contributed by atoms with Crippen molar-refractivity contribution in [2.24, 2.45) is 0 Å². The van der Waals surface area contributed by atoms with Gasteiger partial charge >= 0.3 is 0 Å². The molecule has 0 saturated heterocycles. The Bertz CT molecular complexity index is 688. The van der Waals surface area contributed by atoms with E-state index in [9.17, 15) is 4.79 Å². The molecule has 1 aromatic carbocycles. The lowest BCUT2D eigenvalue weighted by Crippen LogP contribution is -2.37. The molecule has 5 heteroatoms. The molecule has 126 valence electrons. The van der Waals surface area contributed by atoms with Crippen LogP contribution in [0, 0.1) is 0 Å². The molecule has 2 heterocycles. The minimum atomic E-state index is 0.160. The average Bonchev–Trinajstić information content (AvgIpc) is 2.62. The van der Waals surface area contributed by atoms with Crippen LogP contribution in [0.5, 0.6) is 5.88 Å². The van der Waals surface area contributed by atoms with E-state index in [1.165, 1.54) is 0 Å². The molecule has 0 aliphatic carbocycles. The predicted octanol–water partition coefficient (Wildman–Crippen LogP) is 2.23. The van der Waals surface area contributed by atoms with E-state index < -0.39 is 0 Å². The highest BCUT2D eigenvalue weighted by atomic mass is 16.5. The number of hydrogen-bond donors (Lipinski definition) is 0. The topological polar surface area (TPSA) is 51.7 Å². The van der Waals surface area contributed by atoms with Gasteiger partial charge in [0, 0.05) is 32.7 Å². The van der Waals surface area contributed by atoms with Crippen molar-refractivity contribution < 1.29 is 14.3 Å². The Morgan fingerprint density at radius 2 is 2.00 bits per heavy atom. The van der Waals surface area contributed by atoms with Crippen LogP contribution in [0.4, 0.5) is 0 Å². The van der Waals surface area contributed by atoms with Gasteiger partial charge < -0.3 is 14.4 Å². The summed E-state index contributed by atoms with van der Waals surface area (Å²) in [4.78, 5) is 18.9. The van der Waals surface area contributed by atoms with Crippen LogP contribution in [-0.2, 0) is 28.9 Å². The molecule has 0 bridgehead atoms. The van der Waals surface area contributed by atoms with Crippen LogP contribution in [0.2, 0.25) is 0 Å². The highest BCUT2D eigenvalue weighted by molar-refractivity contribution is 5.79. The number of nitrogens with zero attached hydrogens (tertiary/aromatic N) is 2. The Balaban J connectivity index is 1.61. The number of ether oxygens (including phenoxy) is 2. The van der Waals surface area contributed by atoms with Crippen molar-refractivity contribution in [2.45, 2.75) is 19.4 Å². The molecule has 0 saturated carbocycles. The van der Waals surface area contributed by atoms with Gasteiger partial charge in [-0.1, -0.05) is 36.4 Å². The summed E-state index contributed by atoms with van der Waals surface area (Å²) in [6.07, 6.45) is 1.21. The Morgan fingerprint density at radius 3 is 2.79 bits per heavy atom. The summed E-state index contributed by atoms with van der Waals surface area (Å²) in [6, 6.07) is 13.7. The number of aromatic nitrogens is 1. The van der Waals surface area contributed by atoms with Crippen molar-refractivity contribution in [2.75, 3.05) is 26.9 Å². The van der Waals surface area contributed by atoms with Gasteiger partial charge in [-0.3, -0.25) is 4.79 Å². The first-order valence-corrected chi connectivity index (χ1v) is 8.18. The van der Waals surface area contributed by atoms with Gasteiger partial charge in [0.2, 0.25) is 11.8 Å². The quantitative estimate of drug-likeness (QED) is 0.764. The summed E-state index contributed by atoms with van der Waals surface area (Å²) in [7, 11) is 1.64. The summed E-state index contributed by atoms with van der Waals surface area (Å²) in [5.74, 6) is 0.780. The fourth-order valence-electron chi connectivity index (χ4n) is 2.80. The van der Waals surface area contributed by atoms with Crippen molar-refractivity contribution in [3.63, 3.8) is 0 Å². The van der Waals surface area contributed by atoms with Gasteiger partial charge in [-0.15, -0.1) is 0 Å². The van der Waals surface area contributed by atoms with Crippen molar-refractivity contribution in [3.05, 3.63) is 59.3 Å². The Hall–Kier alpha value is -2.40. The van der Waals surface area contributed by atoms with Gasteiger partial charge in [-0.05, 0) is 11.1 Å². The number of amides is 1. The van der Waals surface area contributed by atoms with Crippen LogP contribution in [-0.4, -0.2) is 42.7 Å². The maximum absolute atomic E-state index is 12.5. The SMILES string of the molecule is COCCOc1ccc2c(n1)CCN(C(=O)Cc1ccccc1)C2. The van der Waals surface area contributed by atoms with Crippen molar-refractivity contribution in [1.82, 2.24) is 9.88 Å². The normalized spacial score (nSPS) is 13.5. The van der Waals surface area contributed by atoms with Crippen molar-refractivity contribution in [3.8, 4) is 5.88 Å². The Kier molecular flexibility index (Phi) is 5.43. The predicted molar refractivity (Wildman–Crippen MR) is 90.9 cm³/mol. The van der Waals surface area contributed by atoms with Crippen molar-refractivity contribution in [1.29, 1.82) is 0 Å². The van der Waals surface area contributed by atoms with Gasteiger partial charge in [0.25, 0.3) is 0 Å². The molecule has 0 fully saturated rings. The largest absolute Gasteiger partial charge is 0.475 e. The van der Waals surface area contributed by atoms with E-state index in [-0.39, 0.29) is 5.91 Å². The molecular weight excluding hydrogens is 304 g/mol. The molecule has 0 radical (unpaired) electrons. The number of fused-ring (bicyclic) bond motifs is 1. The summed E-state index contributed by atoms with van der Waals surface area (Å²) >= 11 is 0. The first-order chi connectivity index (χ1) is 11.8. The first kappa shape index (κ1) is 16.5. The Morgan fingerprint density at radius 1 is 1.17 bits per heavy atom. The zero-order valence-electron chi connectivity index (χ0n) is 13.9. The minimum absolute atomic E-state index is 0.160. The molecule has 1 aliphatic heterocycles. The van der Waals surface area contributed by atoms with Crippen LogP contribution in [0.25, 0.3) is 0 Å². The monoisotopic (exact) mass is 326 g/mol. The van der Waals surface area contributed by atoms with Gasteiger partial charge in [-0.25, -0.2) is 4.98 Å². The lowest BCUT2D eigenvalue weighted by atomic mass is 10.0. The molecule has 1 aromatic heterocycles. The molecule has 0 unspecified atom stereocenters. The standard InChI is InChI=1S/C19H22N2O3/c1-23-11-12-24-18-8-7-16-14-21(10-9-17(16)20-18)19(22)13-15-5-3-2-4-6-15/h2-8H,9-14H2,1H3. The van der Waals surface area contributed by atoms with Gasteiger partial charge in [0.1, 0.15) is 6.61 Å². The maximum atomic E-state index is 12.5. The van der Waals surface area contributed by atoms with E-state index in [1.807, 2.05) is 47.4 Å². The zero-order valence-corrected chi connectivity index (χ0v) is 13.9. The van der Waals surface area contributed by atoms with E-state index >= 15 is 0 Å². The van der Waals surface area contributed by atoms with Crippen LogP contribution < -0.4 is 4.74 Å². The third-order valence-electron chi connectivity index (χ3n) is 4.11. The average molecular weight is 326 g/mol. The summed E-state index contributed by atoms with van der Waals surface area (Å²) in [6.45, 7) is 2.35. The third kappa shape index (κ3) is 4.11. The molecule has 5 nitrogen and oxygen atoms in total. The minimum Gasteiger partial charge on any atom is -0.475 e.